The van der Waals surface area contributed by atoms with E-state index in [1.54, 1.807) is 12.1 Å². The van der Waals surface area contributed by atoms with E-state index in [1.165, 1.54) is 6.07 Å². The van der Waals surface area contributed by atoms with Crippen LogP contribution in [0.3, 0.4) is 0 Å². The van der Waals surface area contributed by atoms with Gasteiger partial charge >= 0.3 is 0 Å². The summed E-state index contributed by atoms with van der Waals surface area (Å²) >= 11 is 3.20. The number of furan rings is 1. The lowest BCUT2D eigenvalue weighted by Crippen LogP contribution is -2.21. The van der Waals surface area contributed by atoms with Gasteiger partial charge in [0.2, 0.25) is 0 Å². The molecule has 0 unspecified atom stereocenters. The fourth-order valence-corrected chi connectivity index (χ4v) is 1.97. The van der Waals surface area contributed by atoms with Crippen LogP contribution in [-0.2, 0) is 13.2 Å². The molecule has 0 saturated carbocycles. The molecule has 5 heteroatoms. The summed E-state index contributed by atoms with van der Waals surface area (Å²) in [7, 11) is 0. The Morgan fingerprint density at radius 2 is 2.00 bits per heavy atom. The summed E-state index contributed by atoms with van der Waals surface area (Å²) in [6.45, 7) is 5.02. The van der Waals surface area contributed by atoms with Crippen LogP contribution in [0.1, 0.15) is 25.4 Å². The zero-order valence-corrected chi connectivity index (χ0v) is 13.0. The Hall–Kier alpha value is -1.33. The van der Waals surface area contributed by atoms with Gasteiger partial charge in [-0.25, -0.2) is 4.39 Å². The molecule has 108 valence electrons. The van der Waals surface area contributed by atoms with Crippen molar-refractivity contribution in [3.05, 3.63) is 52.1 Å². The van der Waals surface area contributed by atoms with Crippen molar-refractivity contribution >= 4 is 15.9 Å². The van der Waals surface area contributed by atoms with Crippen LogP contribution in [0.2, 0.25) is 0 Å². The van der Waals surface area contributed by atoms with Crippen molar-refractivity contribution in [1.29, 1.82) is 0 Å². The maximum absolute atomic E-state index is 13.6. The Morgan fingerprint density at radius 3 is 2.70 bits per heavy atom. The van der Waals surface area contributed by atoms with Crippen LogP contribution >= 0.6 is 15.9 Å². The Bertz CT molecular complexity index is 569. The Morgan fingerprint density at radius 1 is 1.25 bits per heavy atom. The number of halogens is 2. The second-order valence-corrected chi connectivity index (χ2v) is 5.68. The van der Waals surface area contributed by atoms with E-state index in [1.807, 2.05) is 12.1 Å². The fraction of sp³-hybridized carbons (Fsp3) is 0.333. The van der Waals surface area contributed by atoms with E-state index in [-0.39, 0.29) is 12.4 Å². The molecule has 1 aromatic heterocycles. The summed E-state index contributed by atoms with van der Waals surface area (Å²) in [4.78, 5) is 0. The SMILES string of the molecule is CC(C)NCc1ccc(COc2ccc(Br)cc2F)o1. The normalized spacial score (nSPS) is 11.1. The number of rotatable bonds is 6. The predicted octanol–water partition coefficient (Wildman–Crippen LogP) is 4.26. The van der Waals surface area contributed by atoms with Crippen molar-refractivity contribution < 1.29 is 13.5 Å². The first kappa shape index (κ1) is 15.1. The first-order valence-electron chi connectivity index (χ1n) is 6.43. The van der Waals surface area contributed by atoms with Crippen molar-refractivity contribution in [3.8, 4) is 5.75 Å². The third-order valence-corrected chi connectivity index (χ3v) is 3.16. The van der Waals surface area contributed by atoms with Gasteiger partial charge in [-0.05, 0) is 30.3 Å². The van der Waals surface area contributed by atoms with Crippen molar-refractivity contribution in [1.82, 2.24) is 5.32 Å². The van der Waals surface area contributed by atoms with Gasteiger partial charge in [-0.15, -0.1) is 0 Å². The highest BCUT2D eigenvalue weighted by Crippen LogP contribution is 2.22. The Balaban J connectivity index is 1.90. The molecule has 1 heterocycles. The van der Waals surface area contributed by atoms with E-state index in [0.717, 1.165) is 5.76 Å². The maximum atomic E-state index is 13.6. The number of benzene rings is 1. The van der Waals surface area contributed by atoms with Crippen LogP contribution < -0.4 is 10.1 Å². The quantitative estimate of drug-likeness (QED) is 0.852. The molecule has 0 aliphatic heterocycles. The van der Waals surface area contributed by atoms with Crippen LogP contribution in [0, 0.1) is 5.82 Å². The summed E-state index contributed by atoms with van der Waals surface area (Å²) in [5.74, 6) is 1.33. The van der Waals surface area contributed by atoms with Gasteiger partial charge in [-0.3, -0.25) is 0 Å². The molecule has 0 saturated heterocycles. The van der Waals surface area contributed by atoms with E-state index in [9.17, 15) is 4.39 Å². The fourth-order valence-electron chi connectivity index (χ4n) is 1.64. The lowest BCUT2D eigenvalue weighted by molar-refractivity contribution is 0.254. The molecular weight excluding hydrogens is 325 g/mol. The zero-order valence-electron chi connectivity index (χ0n) is 11.5. The third kappa shape index (κ3) is 4.35. The largest absolute Gasteiger partial charge is 0.483 e. The molecule has 0 atom stereocenters. The van der Waals surface area contributed by atoms with Crippen molar-refractivity contribution in [2.24, 2.45) is 0 Å². The number of nitrogens with one attached hydrogen (secondary N) is 1. The van der Waals surface area contributed by atoms with E-state index in [4.69, 9.17) is 9.15 Å². The lowest BCUT2D eigenvalue weighted by Gasteiger charge is -2.06. The minimum absolute atomic E-state index is 0.209. The molecule has 3 nitrogen and oxygen atoms in total. The lowest BCUT2D eigenvalue weighted by atomic mass is 10.3. The van der Waals surface area contributed by atoms with Crippen LogP contribution in [0.5, 0.6) is 5.75 Å². The summed E-state index contributed by atoms with van der Waals surface area (Å²) in [6.07, 6.45) is 0. The Labute approximate surface area is 126 Å². The topological polar surface area (TPSA) is 34.4 Å². The average Bonchev–Trinajstić information content (AvgIpc) is 2.83. The highest BCUT2D eigenvalue weighted by atomic mass is 79.9. The van der Waals surface area contributed by atoms with Gasteiger partial charge in [0.15, 0.2) is 11.6 Å². The number of ether oxygens (including phenoxy) is 1. The van der Waals surface area contributed by atoms with Crippen LogP contribution in [-0.4, -0.2) is 6.04 Å². The molecule has 1 aromatic carbocycles. The maximum Gasteiger partial charge on any atom is 0.166 e. The first-order valence-corrected chi connectivity index (χ1v) is 7.22. The third-order valence-electron chi connectivity index (χ3n) is 2.67. The second kappa shape index (κ2) is 6.90. The highest BCUT2D eigenvalue weighted by molar-refractivity contribution is 9.10. The van der Waals surface area contributed by atoms with E-state index >= 15 is 0 Å². The first-order chi connectivity index (χ1) is 9.54. The van der Waals surface area contributed by atoms with Gasteiger partial charge in [-0.1, -0.05) is 29.8 Å². The summed E-state index contributed by atoms with van der Waals surface area (Å²) in [5, 5.41) is 3.26. The van der Waals surface area contributed by atoms with Crippen LogP contribution in [0.15, 0.2) is 39.2 Å². The monoisotopic (exact) mass is 341 g/mol. The summed E-state index contributed by atoms with van der Waals surface area (Å²) in [5.41, 5.74) is 0. The molecule has 20 heavy (non-hydrogen) atoms. The molecule has 1 N–H and O–H groups in total. The zero-order chi connectivity index (χ0) is 14.5. The highest BCUT2D eigenvalue weighted by Gasteiger charge is 2.07. The van der Waals surface area contributed by atoms with Gasteiger partial charge in [0.1, 0.15) is 18.1 Å². The number of hydrogen-bond donors (Lipinski definition) is 1. The molecule has 0 radical (unpaired) electrons. The number of hydrogen-bond acceptors (Lipinski definition) is 3. The van der Waals surface area contributed by atoms with Gasteiger partial charge in [0, 0.05) is 10.5 Å². The second-order valence-electron chi connectivity index (χ2n) is 4.77. The summed E-state index contributed by atoms with van der Waals surface area (Å²) < 4.78 is 25.3. The van der Waals surface area contributed by atoms with E-state index < -0.39 is 5.82 Å². The standard InChI is InChI=1S/C15H17BrFNO2/c1-10(2)18-8-12-4-5-13(20-12)9-19-15-6-3-11(16)7-14(15)17/h3-7,10,18H,8-9H2,1-2H3. The molecule has 0 bridgehead atoms. The van der Waals surface area contributed by atoms with Crippen LogP contribution in [0.4, 0.5) is 4.39 Å². The van der Waals surface area contributed by atoms with E-state index in [2.05, 4.69) is 35.1 Å². The minimum atomic E-state index is -0.396. The Kier molecular flexibility index (Phi) is 5.20. The molecule has 0 amide bonds. The molecule has 2 rings (SSSR count). The van der Waals surface area contributed by atoms with Gasteiger partial charge in [-0.2, -0.15) is 0 Å². The molecule has 0 spiro atoms. The average molecular weight is 342 g/mol. The van der Waals surface area contributed by atoms with Crippen molar-refractivity contribution in [2.75, 3.05) is 0 Å². The van der Waals surface area contributed by atoms with Gasteiger partial charge in [0.05, 0.1) is 6.54 Å². The van der Waals surface area contributed by atoms with Crippen molar-refractivity contribution in [2.45, 2.75) is 33.0 Å². The molecule has 0 fully saturated rings. The molecular formula is C15H17BrFNO2. The van der Waals surface area contributed by atoms with E-state index in [0.29, 0.717) is 22.8 Å². The molecule has 2 aromatic rings. The molecule has 0 aliphatic rings. The smallest absolute Gasteiger partial charge is 0.166 e. The van der Waals surface area contributed by atoms with Crippen molar-refractivity contribution in [3.63, 3.8) is 0 Å². The van der Waals surface area contributed by atoms with Crippen LogP contribution in [0.25, 0.3) is 0 Å². The van der Waals surface area contributed by atoms with Gasteiger partial charge < -0.3 is 14.5 Å². The molecule has 0 aliphatic carbocycles. The summed E-state index contributed by atoms with van der Waals surface area (Å²) in [6, 6.07) is 8.83. The minimum Gasteiger partial charge on any atom is -0.483 e. The van der Waals surface area contributed by atoms with Gasteiger partial charge in [0.25, 0.3) is 0 Å². The predicted molar refractivity (Wildman–Crippen MR) is 79.1 cm³/mol.